The molecule has 0 bridgehead atoms. The fraction of sp³-hybridized carbons (Fsp3) is 0.440. The predicted octanol–water partition coefficient (Wildman–Crippen LogP) is 3.00. The van der Waals surface area contributed by atoms with Gasteiger partial charge in [-0.25, -0.2) is 4.39 Å². The monoisotopic (exact) mass is 456 g/mol. The number of hydrogen-bond acceptors (Lipinski definition) is 5. The van der Waals surface area contributed by atoms with Gasteiger partial charge in [-0.05, 0) is 55.3 Å². The lowest BCUT2D eigenvalue weighted by atomic mass is 10.1. The van der Waals surface area contributed by atoms with E-state index in [-0.39, 0.29) is 29.6 Å². The molecule has 2 saturated heterocycles. The molecule has 0 aromatic heterocycles. The van der Waals surface area contributed by atoms with Gasteiger partial charge in [0.25, 0.3) is 11.8 Å². The van der Waals surface area contributed by atoms with Crippen LogP contribution in [0.15, 0.2) is 48.5 Å². The molecule has 2 aromatic rings. The van der Waals surface area contributed by atoms with Gasteiger partial charge in [-0.3, -0.25) is 9.59 Å². The summed E-state index contributed by atoms with van der Waals surface area (Å²) in [6.07, 6.45) is 1.43. The second kappa shape index (κ2) is 10.8. The summed E-state index contributed by atoms with van der Waals surface area (Å²) in [6, 6.07) is 12.7. The normalized spacial score (nSPS) is 20.5. The second-order valence-corrected chi connectivity index (χ2v) is 8.33. The van der Waals surface area contributed by atoms with Gasteiger partial charge in [0.1, 0.15) is 11.6 Å². The lowest BCUT2D eigenvalue weighted by Crippen LogP contribution is -2.51. The third kappa shape index (κ3) is 5.89. The fourth-order valence-corrected chi connectivity index (χ4v) is 4.25. The molecule has 4 rings (SSSR count). The number of nitrogens with zero attached hydrogens (tertiary/aromatic N) is 2. The molecule has 33 heavy (non-hydrogen) atoms. The van der Waals surface area contributed by atoms with Crippen molar-refractivity contribution in [1.29, 1.82) is 0 Å². The molecule has 2 atom stereocenters. The molecule has 176 valence electrons. The maximum Gasteiger partial charge on any atom is 0.254 e. The van der Waals surface area contributed by atoms with Gasteiger partial charge < -0.3 is 24.0 Å². The Kier molecular flexibility index (Phi) is 7.57. The Morgan fingerprint density at radius 3 is 2.52 bits per heavy atom. The van der Waals surface area contributed by atoms with Gasteiger partial charge in [-0.2, -0.15) is 0 Å². The van der Waals surface area contributed by atoms with Gasteiger partial charge in [0.05, 0.1) is 25.9 Å². The van der Waals surface area contributed by atoms with E-state index in [1.165, 1.54) is 18.2 Å². The summed E-state index contributed by atoms with van der Waals surface area (Å²) in [5.41, 5.74) is 0.860. The minimum atomic E-state index is -0.455. The highest BCUT2D eigenvalue weighted by molar-refractivity contribution is 5.95. The van der Waals surface area contributed by atoms with Gasteiger partial charge >= 0.3 is 0 Å². The Hall–Kier alpha value is -2.97. The van der Waals surface area contributed by atoms with Crippen molar-refractivity contribution in [2.45, 2.75) is 25.0 Å². The Morgan fingerprint density at radius 1 is 1.06 bits per heavy atom. The van der Waals surface area contributed by atoms with Crippen molar-refractivity contribution in [3.05, 3.63) is 65.5 Å². The van der Waals surface area contributed by atoms with Crippen LogP contribution in [0.3, 0.4) is 0 Å². The number of hydrogen-bond donors (Lipinski definition) is 0. The Labute approximate surface area is 193 Å². The largest absolute Gasteiger partial charge is 0.497 e. The number of rotatable bonds is 7. The van der Waals surface area contributed by atoms with Crippen LogP contribution < -0.4 is 4.74 Å². The van der Waals surface area contributed by atoms with E-state index in [9.17, 15) is 14.0 Å². The van der Waals surface area contributed by atoms with E-state index in [1.54, 1.807) is 47.2 Å². The molecular weight excluding hydrogens is 427 g/mol. The number of ether oxygens (including phenoxy) is 3. The number of carbonyl (C=O) groups excluding carboxylic acids is 2. The van der Waals surface area contributed by atoms with E-state index in [4.69, 9.17) is 14.2 Å². The average Bonchev–Trinajstić information content (AvgIpc) is 3.36. The number of halogens is 1. The standard InChI is InChI=1S/C25H29FN2O5/c1-31-21-9-7-18(8-10-21)24(29)27-11-13-33-23(16-27)17-28(15-22-6-3-12-32-22)25(30)19-4-2-5-20(26)14-19/h2,4-5,7-10,14,22-23H,3,6,11-13,15-17H2,1H3/t22-,23+/m1/s1. The van der Waals surface area contributed by atoms with Gasteiger partial charge in [0.2, 0.25) is 0 Å². The summed E-state index contributed by atoms with van der Waals surface area (Å²) < 4.78 is 30.5. The first kappa shape index (κ1) is 23.2. The number of benzene rings is 2. The molecule has 2 fully saturated rings. The highest BCUT2D eigenvalue weighted by Crippen LogP contribution is 2.19. The van der Waals surface area contributed by atoms with Crippen molar-refractivity contribution in [2.24, 2.45) is 0 Å². The summed E-state index contributed by atoms with van der Waals surface area (Å²) in [4.78, 5) is 29.6. The third-order valence-electron chi connectivity index (χ3n) is 5.99. The summed E-state index contributed by atoms with van der Waals surface area (Å²) in [5, 5.41) is 0. The molecule has 0 N–H and O–H groups in total. The maximum atomic E-state index is 13.7. The van der Waals surface area contributed by atoms with Gasteiger partial charge in [0.15, 0.2) is 0 Å². The number of morpholine rings is 1. The van der Waals surface area contributed by atoms with Crippen LogP contribution in [0.4, 0.5) is 4.39 Å². The highest BCUT2D eigenvalue weighted by Gasteiger charge is 2.30. The first-order chi connectivity index (χ1) is 16.0. The van der Waals surface area contributed by atoms with Crippen LogP contribution in [0.5, 0.6) is 5.75 Å². The molecule has 0 spiro atoms. The Morgan fingerprint density at radius 2 is 1.82 bits per heavy atom. The second-order valence-electron chi connectivity index (χ2n) is 8.33. The molecule has 0 unspecified atom stereocenters. The average molecular weight is 457 g/mol. The molecule has 0 radical (unpaired) electrons. The molecule has 2 aromatic carbocycles. The zero-order valence-electron chi connectivity index (χ0n) is 18.7. The topological polar surface area (TPSA) is 68.3 Å². The molecule has 0 saturated carbocycles. The molecule has 8 heteroatoms. The van der Waals surface area contributed by atoms with Crippen LogP contribution in [0.1, 0.15) is 33.6 Å². The first-order valence-corrected chi connectivity index (χ1v) is 11.2. The third-order valence-corrected chi connectivity index (χ3v) is 5.99. The van der Waals surface area contributed by atoms with Crippen LogP contribution in [0, 0.1) is 5.82 Å². The van der Waals surface area contributed by atoms with Crippen LogP contribution in [0.2, 0.25) is 0 Å². The van der Waals surface area contributed by atoms with Crippen LogP contribution >= 0.6 is 0 Å². The molecule has 2 heterocycles. The van der Waals surface area contributed by atoms with Gasteiger partial charge in [-0.1, -0.05) is 6.07 Å². The molecule has 2 aliphatic rings. The van der Waals surface area contributed by atoms with E-state index >= 15 is 0 Å². The zero-order valence-corrected chi connectivity index (χ0v) is 18.7. The van der Waals surface area contributed by atoms with Crippen LogP contribution in [-0.2, 0) is 9.47 Å². The van der Waals surface area contributed by atoms with Crippen molar-refractivity contribution in [2.75, 3.05) is 46.5 Å². The van der Waals surface area contributed by atoms with Crippen molar-refractivity contribution >= 4 is 11.8 Å². The number of carbonyl (C=O) groups is 2. The Bertz CT molecular complexity index is 962. The SMILES string of the molecule is COc1ccc(C(=O)N2CCO[C@H](CN(C[C@H]3CCCO3)C(=O)c3cccc(F)c3)C2)cc1. The predicted molar refractivity (Wildman–Crippen MR) is 120 cm³/mol. The van der Waals surface area contributed by atoms with Crippen molar-refractivity contribution in [1.82, 2.24) is 9.80 Å². The minimum Gasteiger partial charge on any atom is -0.497 e. The number of methoxy groups -OCH3 is 1. The summed E-state index contributed by atoms with van der Waals surface area (Å²) in [7, 11) is 1.58. The summed E-state index contributed by atoms with van der Waals surface area (Å²) in [5.74, 6) is -0.129. The van der Waals surface area contributed by atoms with E-state index in [2.05, 4.69) is 0 Å². The van der Waals surface area contributed by atoms with Crippen molar-refractivity contribution < 1.29 is 28.2 Å². The van der Waals surface area contributed by atoms with Gasteiger partial charge in [-0.15, -0.1) is 0 Å². The van der Waals surface area contributed by atoms with E-state index in [0.29, 0.717) is 50.7 Å². The molecule has 2 amide bonds. The minimum absolute atomic E-state index is 0.0527. The smallest absolute Gasteiger partial charge is 0.254 e. The Balaban J connectivity index is 1.45. The molecule has 2 aliphatic heterocycles. The first-order valence-electron chi connectivity index (χ1n) is 11.2. The van der Waals surface area contributed by atoms with E-state index < -0.39 is 5.82 Å². The van der Waals surface area contributed by atoms with Crippen molar-refractivity contribution in [3.8, 4) is 5.75 Å². The molecule has 0 aliphatic carbocycles. The van der Waals surface area contributed by atoms with E-state index in [1.807, 2.05) is 0 Å². The quantitative estimate of drug-likeness (QED) is 0.641. The van der Waals surface area contributed by atoms with Crippen LogP contribution in [-0.4, -0.2) is 80.3 Å². The highest BCUT2D eigenvalue weighted by atomic mass is 19.1. The summed E-state index contributed by atoms with van der Waals surface area (Å²) in [6.45, 7) is 2.60. The van der Waals surface area contributed by atoms with E-state index in [0.717, 1.165) is 12.8 Å². The van der Waals surface area contributed by atoms with Gasteiger partial charge in [0, 0.05) is 43.9 Å². The fourth-order valence-electron chi connectivity index (χ4n) is 4.25. The zero-order chi connectivity index (χ0) is 23.2. The summed E-state index contributed by atoms with van der Waals surface area (Å²) >= 11 is 0. The van der Waals surface area contributed by atoms with Crippen molar-refractivity contribution in [3.63, 3.8) is 0 Å². The van der Waals surface area contributed by atoms with Crippen LogP contribution in [0.25, 0.3) is 0 Å². The maximum absolute atomic E-state index is 13.7. The molecular formula is C25H29FN2O5. The lowest BCUT2D eigenvalue weighted by molar-refractivity contribution is -0.0375. The number of amides is 2. The molecule has 7 nitrogen and oxygen atoms in total. The lowest BCUT2D eigenvalue weighted by Gasteiger charge is -2.36.